The fraction of sp³-hybridized carbons (Fsp3) is 0.536. The van der Waals surface area contributed by atoms with Crippen molar-refractivity contribution in [3.63, 3.8) is 0 Å². The summed E-state index contributed by atoms with van der Waals surface area (Å²) in [6.07, 6.45) is 9.41. The molecule has 0 aromatic carbocycles. The molecule has 4 heterocycles. The van der Waals surface area contributed by atoms with Crippen molar-refractivity contribution in [3.05, 3.63) is 47.4 Å². The quantitative estimate of drug-likeness (QED) is 0.345. The molecular formula is C28H37FN6. The van der Waals surface area contributed by atoms with Gasteiger partial charge in [-0.1, -0.05) is 34.6 Å². The minimum absolute atomic E-state index is 0.146. The van der Waals surface area contributed by atoms with E-state index in [0.717, 1.165) is 65.8 Å². The van der Waals surface area contributed by atoms with Crippen LogP contribution >= 0.6 is 0 Å². The van der Waals surface area contributed by atoms with Crippen LogP contribution < -0.4 is 5.32 Å². The Balaban J connectivity index is 1.49. The predicted octanol–water partition coefficient (Wildman–Crippen LogP) is 6.51. The molecule has 0 bridgehead atoms. The Hall–Kier alpha value is -2.80. The highest BCUT2D eigenvalue weighted by molar-refractivity contribution is 5.92. The number of H-pyrrole nitrogens is 1. The van der Waals surface area contributed by atoms with E-state index in [1.807, 2.05) is 19.3 Å². The molecule has 6 nitrogen and oxygen atoms in total. The lowest BCUT2D eigenvalue weighted by Crippen LogP contribution is -2.38. The number of aromatic amines is 1. The summed E-state index contributed by atoms with van der Waals surface area (Å²) in [5.41, 5.74) is 6.43. The van der Waals surface area contributed by atoms with E-state index in [1.165, 1.54) is 0 Å². The van der Waals surface area contributed by atoms with Gasteiger partial charge in [-0.25, -0.2) is 13.9 Å². The van der Waals surface area contributed by atoms with Crippen molar-refractivity contribution >= 4 is 16.6 Å². The Kier molecular flexibility index (Phi) is 6.16. The normalized spacial score (nSPS) is 19.3. The second-order valence-corrected chi connectivity index (χ2v) is 11.7. The molecule has 186 valence electrons. The zero-order valence-corrected chi connectivity index (χ0v) is 21.7. The number of aromatic nitrogens is 5. The molecule has 0 radical (unpaired) electrons. The fourth-order valence-corrected chi connectivity index (χ4v) is 5.53. The van der Waals surface area contributed by atoms with Crippen LogP contribution in [0.1, 0.15) is 89.0 Å². The predicted molar refractivity (Wildman–Crippen MR) is 139 cm³/mol. The minimum Gasteiger partial charge on any atom is -0.353 e. The van der Waals surface area contributed by atoms with E-state index in [0.29, 0.717) is 17.1 Å². The number of hydrogen-bond acceptors (Lipinski definition) is 4. The molecule has 35 heavy (non-hydrogen) atoms. The summed E-state index contributed by atoms with van der Waals surface area (Å²) < 4.78 is 17.9. The van der Waals surface area contributed by atoms with Crippen molar-refractivity contribution in [3.8, 4) is 11.3 Å². The van der Waals surface area contributed by atoms with Crippen LogP contribution in [0.25, 0.3) is 27.8 Å². The number of fused-ring (bicyclic) bond motifs is 2. The van der Waals surface area contributed by atoms with Gasteiger partial charge in [0.05, 0.1) is 23.1 Å². The molecule has 0 spiro atoms. The van der Waals surface area contributed by atoms with Gasteiger partial charge < -0.3 is 10.3 Å². The average molecular weight is 477 g/mol. The van der Waals surface area contributed by atoms with E-state index in [4.69, 9.17) is 0 Å². The highest BCUT2D eigenvalue weighted by Crippen LogP contribution is 2.41. The standard InChI is InChI=1S/C28H37FN6/c1-16(2)22-23-21(34-25(22)19-11-17(3)27-32-15-33-35(27)13-19)12-30-26(24(23)29)18-7-9-20(10-8-18)31-14-28(4,5)6/h11-13,15-16,18,20,31,34H,7-10,14H2,1-6H3. The number of halogens is 1. The van der Waals surface area contributed by atoms with Crippen LogP contribution in [0.3, 0.4) is 0 Å². The first-order valence-electron chi connectivity index (χ1n) is 12.9. The van der Waals surface area contributed by atoms with Crippen LogP contribution in [0.15, 0.2) is 24.8 Å². The molecule has 0 saturated heterocycles. The van der Waals surface area contributed by atoms with Crippen molar-refractivity contribution in [2.45, 2.75) is 85.1 Å². The van der Waals surface area contributed by atoms with Crippen molar-refractivity contribution in [1.82, 2.24) is 29.9 Å². The molecule has 1 fully saturated rings. The third kappa shape index (κ3) is 4.58. The van der Waals surface area contributed by atoms with Crippen molar-refractivity contribution in [2.75, 3.05) is 6.54 Å². The zero-order valence-electron chi connectivity index (χ0n) is 21.7. The van der Waals surface area contributed by atoms with E-state index in [1.54, 1.807) is 10.8 Å². The highest BCUT2D eigenvalue weighted by Gasteiger charge is 2.29. The molecule has 5 rings (SSSR count). The Morgan fingerprint density at radius 1 is 1.17 bits per heavy atom. The first-order chi connectivity index (χ1) is 16.6. The van der Waals surface area contributed by atoms with Gasteiger partial charge >= 0.3 is 0 Å². The van der Waals surface area contributed by atoms with Crippen LogP contribution in [0.2, 0.25) is 0 Å². The Morgan fingerprint density at radius 2 is 1.91 bits per heavy atom. The Labute approximate surface area is 206 Å². The molecule has 0 amide bonds. The summed E-state index contributed by atoms with van der Waals surface area (Å²) in [4.78, 5) is 12.5. The van der Waals surface area contributed by atoms with E-state index >= 15 is 4.39 Å². The van der Waals surface area contributed by atoms with Crippen LogP contribution in [-0.4, -0.2) is 37.2 Å². The molecule has 2 N–H and O–H groups in total. The molecule has 7 heteroatoms. The van der Waals surface area contributed by atoms with Crippen LogP contribution in [0, 0.1) is 18.2 Å². The lowest BCUT2D eigenvalue weighted by Gasteiger charge is -2.31. The van der Waals surface area contributed by atoms with Crippen molar-refractivity contribution in [1.29, 1.82) is 0 Å². The minimum atomic E-state index is -0.154. The van der Waals surface area contributed by atoms with Crippen molar-refractivity contribution < 1.29 is 4.39 Å². The van der Waals surface area contributed by atoms with Gasteiger partial charge in [0.1, 0.15) is 6.33 Å². The number of nitrogens with one attached hydrogen (secondary N) is 2. The van der Waals surface area contributed by atoms with E-state index < -0.39 is 0 Å². The van der Waals surface area contributed by atoms with Gasteiger partial charge in [0.25, 0.3) is 0 Å². The molecule has 1 aliphatic rings. The monoisotopic (exact) mass is 476 g/mol. The summed E-state index contributed by atoms with van der Waals surface area (Å²) in [7, 11) is 0. The number of hydrogen-bond donors (Lipinski definition) is 2. The lowest BCUT2D eigenvalue weighted by molar-refractivity contribution is 0.290. The van der Waals surface area contributed by atoms with Gasteiger partial charge in [-0.2, -0.15) is 5.10 Å². The maximum Gasteiger partial charge on any atom is 0.158 e. The first-order valence-corrected chi connectivity index (χ1v) is 12.9. The number of pyridine rings is 2. The molecular weight excluding hydrogens is 439 g/mol. The van der Waals surface area contributed by atoms with Gasteiger partial charge in [-0.05, 0) is 61.1 Å². The smallest absolute Gasteiger partial charge is 0.158 e. The van der Waals surface area contributed by atoms with Gasteiger partial charge in [-0.3, -0.25) is 4.98 Å². The van der Waals surface area contributed by atoms with E-state index in [9.17, 15) is 0 Å². The average Bonchev–Trinajstić information content (AvgIpc) is 3.43. The second-order valence-electron chi connectivity index (χ2n) is 11.7. The van der Waals surface area contributed by atoms with Crippen molar-refractivity contribution in [2.24, 2.45) is 5.41 Å². The maximum atomic E-state index is 16.2. The topological polar surface area (TPSA) is 70.9 Å². The van der Waals surface area contributed by atoms with Gasteiger partial charge in [-0.15, -0.1) is 0 Å². The number of aryl methyl sites for hydroxylation is 1. The second kappa shape index (κ2) is 9.01. The number of rotatable bonds is 5. The van der Waals surface area contributed by atoms with E-state index in [-0.39, 0.29) is 23.1 Å². The summed E-state index contributed by atoms with van der Waals surface area (Å²) in [6.45, 7) is 14.0. The first kappa shape index (κ1) is 23.9. The third-order valence-electron chi connectivity index (χ3n) is 7.30. The largest absolute Gasteiger partial charge is 0.353 e. The van der Waals surface area contributed by atoms with E-state index in [2.05, 4.69) is 66.1 Å². The van der Waals surface area contributed by atoms with Crippen LogP contribution in [0.5, 0.6) is 0 Å². The molecule has 1 aliphatic carbocycles. The Bertz CT molecular complexity index is 1350. The molecule has 1 saturated carbocycles. The summed E-state index contributed by atoms with van der Waals surface area (Å²) >= 11 is 0. The molecule has 4 aromatic heterocycles. The fourth-order valence-electron chi connectivity index (χ4n) is 5.53. The van der Waals surface area contributed by atoms with Gasteiger partial charge in [0.2, 0.25) is 0 Å². The van der Waals surface area contributed by atoms with Crippen LogP contribution in [0.4, 0.5) is 4.39 Å². The highest BCUT2D eigenvalue weighted by atomic mass is 19.1. The zero-order chi connectivity index (χ0) is 24.9. The van der Waals surface area contributed by atoms with Gasteiger partial charge in [0.15, 0.2) is 11.5 Å². The molecule has 0 atom stereocenters. The lowest BCUT2D eigenvalue weighted by atomic mass is 9.82. The van der Waals surface area contributed by atoms with Crippen LogP contribution in [-0.2, 0) is 0 Å². The summed E-state index contributed by atoms with van der Waals surface area (Å²) in [5.74, 6) is 0.158. The summed E-state index contributed by atoms with van der Waals surface area (Å²) in [5, 5.41) is 8.71. The number of nitrogens with zero attached hydrogens (tertiary/aromatic N) is 4. The molecule has 4 aromatic rings. The van der Waals surface area contributed by atoms with Gasteiger partial charge in [0, 0.05) is 35.7 Å². The summed E-state index contributed by atoms with van der Waals surface area (Å²) in [6, 6.07) is 2.61. The molecule has 0 aliphatic heterocycles. The Morgan fingerprint density at radius 3 is 2.60 bits per heavy atom. The SMILES string of the molecule is Cc1cc(-c2[nH]c3cnc(C4CCC(NCC(C)(C)C)CC4)c(F)c3c2C(C)C)cn2ncnc12. The molecule has 0 unspecified atom stereocenters. The maximum absolute atomic E-state index is 16.2. The third-order valence-corrected chi connectivity index (χ3v) is 7.30.